The van der Waals surface area contributed by atoms with E-state index in [9.17, 15) is 9.90 Å². The summed E-state index contributed by atoms with van der Waals surface area (Å²) in [4.78, 5) is 16.5. The summed E-state index contributed by atoms with van der Waals surface area (Å²) in [5.74, 6) is 0.618. The predicted molar refractivity (Wildman–Crippen MR) is 138 cm³/mol. The van der Waals surface area contributed by atoms with Gasteiger partial charge in [-0.1, -0.05) is 23.4 Å². The summed E-state index contributed by atoms with van der Waals surface area (Å²) in [6, 6.07) is 14.2. The van der Waals surface area contributed by atoms with Gasteiger partial charge < -0.3 is 9.84 Å². The maximum absolute atomic E-state index is 12.4. The number of carbonyl (C=O) groups is 1. The first-order chi connectivity index (χ1) is 17.0. The fourth-order valence-electron chi connectivity index (χ4n) is 3.04. The van der Waals surface area contributed by atoms with Gasteiger partial charge in [0, 0.05) is 28.7 Å². The average Bonchev–Trinajstić information content (AvgIpc) is 3.29. The monoisotopic (exact) mass is 572 g/mol. The average molecular weight is 574 g/mol. The second-order valence-corrected chi connectivity index (χ2v) is 9.22. The third-order valence-electron chi connectivity index (χ3n) is 4.66. The van der Waals surface area contributed by atoms with Crippen molar-refractivity contribution < 1.29 is 14.6 Å². The molecule has 12 heteroatoms. The van der Waals surface area contributed by atoms with Crippen LogP contribution in [0.25, 0.3) is 17.1 Å². The molecule has 0 aliphatic carbocycles. The Morgan fingerprint density at radius 2 is 1.97 bits per heavy atom. The van der Waals surface area contributed by atoms with Crippen LogP contribution < -0.4 is 10.2 Å². The molecule has 4 rings (SSSR count). The van der Waals surface area contributed by atoms with E-state index >= 15 is 0 Å². The van der Waals surface area contributed by atoms with Gasteiger partial charge in [0.15, 0.2) is 22.5 Å². The molecule has 2 aromatic carbocycles. The highest BCUT2D eigenvalue weighted by molar-refractivity contribution is 9.10. The quantitative estimate of drug-likeness (QED) is 0.178. The van der Waals surface area contributed by atoms with Crippen LogP contribution in [0.5, 0.6) is 11.5 Å². The Hall–Kier alpha value is -3.41. The van der Waals surface area contributed by atoms with E-state index in [0.717, 1.165) is 11.3 Å². The molecule has 4 aromatic rings. The Labute approximate surface area is 218 Å². The van der Waals surface area contributed by atoms with Crippen molar-refractivity contribution >= 4 is 51.4 Å². The third kappa shape index (κ3) is 5.99. The fraction of sp³-hybridized carbons (Fsp3) is 0.0870. The van der Waals surface area contributed by atoms with E-state index < -0.39 is 0 Å². The summed E-state index contributed by atoms with van der Waals surface area (Å²) < 4.78 is 7.42. The maximum atomic E-state index is 12.4. The highest BCUT2D eigenvalue weighted by Crippen LogP contribution is 2.34. The van der Waals surface area contributed by atoms with Crippen molar-refractivity contribution in [1.82, 2.24) is 25.2 Å². The lowest BCUT2D eigenvalue weighted by Crippen LogP contribution is -2.20. The molecule has 0 bridgehead atoms. The van der Waals surface area contributed by atoms with Crippen LogP contribution in [0.4, 0.5) is 0 Å². The topological polar surface area (TPSA) is 115 Å². The lowest BCUT2D eigenvalue weighted by Gasteiger charge is -2.10. The molecular formula is C23H18BrClN6O3S. The van der Waals surface area contributed by atoms with Gasteiger partial charge in [0.1, 0.15) is 0 Å². The summed E-state index contributed by atoms with van der Waals surface area (Å²) in [6.45, 7) is 0. The highest BCUT2D eigenvalue weighted by Gasteiger charge is 2.17. The zero-order valence-electron chi connectivity index (χ0n) is 18.2. The van der Waals surface area contributed by atoms with E-state index in [0.29, 0.717) is 26.0 Å². The number of aromatic nitrogens is 4. The van der Waals surface area contributed by atoms with Gasteiger partial charge in [-0.15, -0.1) is 10.2 Å². The number of phenols is 1. The zero-order chi connectivity index (χ0) is 24.8. The zero-order valence-corrected chi connectivity index (χ0v) is 21.4. The number of benzene rings is 2. The van der Waals surface area contributed by atoms with E-state index in [1.807, 2.05) is 28.8 Å². The van der Waals surface area contributed by atoms with Crippen LogP contribution >= 0.6 is 39.3 Å². The summed E-state index contributed by atoms with van der Waals surface area (Å²) in [5, 5.41) is 23.6. The smallest absolute Gasteiger partial charge is 0.250 e. The summed E-state index contributed by atoms with van der Waals surface area (Å²) >= 11 is 10.5. The van der Waals surface area contributed by atoms with E-state index in [1.54, 1.807) is 36.7 Å². The molecule has 9 nitrogen and oxygen atoms in total. The Balaban J connectivity index is 1.48. The van der Waals surface area contributed by atoms with Crippen LogP contribution in [-0.2, 0) is 4.79 Å². The van der Waals surface area contributed by atoms with E-state index in [2.05, 4.69) is 41.6 Å². The Morgan fingerprint density at radius 1 is 1.23 bits per heavy atom. The van der Waals surface area contributed by atoms with Gasteiger partial charge >= 0.3 is 0 Å². The molecule has 1 amide bonds. The molecule has 35 heavy (non-hydrogen) atoms. The number of phenolic OH excluding ortho intramolecular Hbond substituents is 1. The molecule has 0 aliphatic heterocycles. The van der Waals surface area contributed by atoms with Gasteiger partial charge in [0.05, 0.1) is 23.5 Å². The first-order valence-electron chi connectivity index (χ1n) is 10.1. The summed E-state index contributed by atoms with van der Waals surface area (Å²) in [5.41, 5.74) is 4.75. The number of methoxy groups -OCH3 is 1. The number of carbonyl (C=O) groups excluding carboxylic acids is 1. The molecule has 0 atom stereocenters. The van der Waals surface area contributed by atoms with E-state index in [1.165, 1.54) is 25.1 Å². The number of aromatic hydroxyl groups is 1. The van der Waals surface area contributed by atoms with Gasteiger partial charge in [-0.05, 0) is 70.0 Å². The van der Waals surface area contributed by atoms with Gasteiger partial charge in [0.25, 0.3) is 5.91 Å². The number of hydrazone groups is 1. The minimum Gasteiger partial charge on any atom is -0.503 e. The minimum absolute atomic E-state index is 0.0129. The second-order valence-electron chi connectivity index (χ2n) is 6.99. The molecule has 2 N–H and O–H groups in total. The van der Waals surface area contributed by atoms with Gasteiger partial charge in [0.2, 0.25) is 0 Å². The summed E-state index contributed by atoms with van der Waals surface area (Å²) in [7, 11) is 1.45. The third-order valence-corrected chi connectivity index (χ3v) is 6.45. The first-order valence-corrected chi connectivity index (χ1v) is 12.2. The Bertz CT molecular complexity index is 1370. The van der Waals surface area contributed by atoms with Crippen LogP contribution in [-0.4, -0.2) is 49.8 Å². The number of hydrogen-bond acceptors (Lipinski definition) is 8. The van der Waals surface area contributed by atoms with Gasteiger partial charge in [-0.25, -0.2) is 5.43 Å². The fourth-order valence-corrected chi connectivity index (χ4v) is 4.37. The SMILES string of the molecule is COc1cc(/C=N\NC(=O)CSc2nnc(-c3ccncc3)n2-c2ccc(Cl)cc2)cc(Br)c1O. The van der Waals surface area contributed by atoms with Crippen molar-refractivity contribution in [3.8, 4) is 28.6 Å². The second kappa shape index (κ2) is 11.3. The van der Waals surface area contributed by atoms with Crippen molar-refractivity contribution in [2.45, 2.75) is 5.16 Å². The van der Waals surface area contributed by atoms with E-state index in [-0.39, 0.29) is 23.2 Å². The van der Waals surface area contributed by atoms with Gasteiger partial charge in [-0.3, -0.25) is 14.3 Å². The molecule has 0 spiro atoms. The molecule has 0 saturated heterocycles. The standard InChI is InChI=1S/C23H18BrClN6O3S/c1-34-19-11-14(10-18(24)21(19)33)12-27-28-20(32)13-35-23-30-29-22(15-6-8-26-9-7-15)31(23)17-4-2-16(25)3-5-17/h2-12,33H,13H2,1H3,(H,28,32)/b27-12-. The molecule has 2 aromatic heterocycles. The maximum Gasteiger partial charge on any atom is 0.250 e. The number of nitrogens with zero attached hydrogens (tertiary/aromatic N) is 5. The van der Waals surface area contributed by atoms with Crippen molar-refractivity contribution in [1.29, 1.82) is 0 Å². The molecule has 2 heterocycles. The van der Waals surface area contributed by atoms with E-state index in [4.69, 9.17) is 16.3 Å². The molecule has 0 saturated carbocycles. The molecule has 0 unspecified atom stereocenters. The van der Waals surface area contributed by atoms with Crippen molar-refractivity contribution in [3.63, 3.8) is 0 Å². The number of rotatable bonds is 8. The number of thioether (sulfide) groups is 1. The van der Waals surface area contributed by atoms with Crippen LogP contribution in [0.15, 0.2) is 75.7 Å². The van der Waals surface area contributed by atoms with Crippen LogP contribution in [0.3, 0.4) is 0 Å². The first kappa shape index (κ1) is 24.7. The largest absolute Gasteiger partial charge is 0.503 e. The Morgan fingerprint density at radius 3 is 2.69 bits per heavy atom. The molecule has 0 aliphatic rings. The molecular weight excluding hydrogens is 556 g/mol. The predicted octanol–water partition coefficient (Wildman–Crippen LogP) is 4.70. The summed E-state index contributed by atoms with van der Waals surface area (Å²) in [6.07, 6.45) is 4.81. The number of pyridine rings is 1. The van der Waals surface area contributed by atoms with Crippen molar-refractivity contribution in [2.75, 3.05) is 12.9 Å². The number of nitrogens with one attached hydrogen (secondary N) is 1. The number of hydrogen-bond donors (Lipinski definition) is 2. The Kier molecular flexibility index (Phi) is 8.01. The molecule has 178 valence electrons. The normalized spacial score (nSPS) is 11.1. The number of halogens is 2. The highest BCUT2D eigenvalue weighted by atomic mass is 79.9. The van der Waals surface area contributed by atoms with Crippen LogP contribution in [0, 0.1) is 0 Å². The minimum atomic E-state index is -0.327. The van der Waals surface area contributed by atoms with Gasteiger partial charge in [-0.2, -0.15) is 5.10 Å². The number of ether oxygens (including phenoxy) is 1. The van der Waals surface area contributed by atoms with Crippen molar-refractivity contribution in [2.24, 2.45) is 5.10 Å². The molecule has 0 fully saturated rings. The molecule has 0 radical (unpaired) electrons. The van der Waals surface area contributed by atoms with Crippen LogP contribution in [0.2, 0.25) is 5.02 Å². The number of amides is 1. The lowest BCUT2D eigenvalue weighted by atomic mass is 10.2. The lowest BCUT2D eigenvalue weighted by molar-refractivity contribution is -0.118. The van der Waals surface area contributed by atoms with Crippen LogP contribution in [0.1, 0.15) is 5.56 Å². The van der Waals surface area contributed by atoms with Crippen molar-refractivity contribution in [3.05, 3.63) is 76.0 Å².